The maximum atomic E-state index is 13.7. The number of hydrogen-bond acceptors (Lipinski definition) is 10. The number of likely N-dealkylation sites (N-methyl/N-ethyl adjacent to an activating group) is 1. The van der Waals surface area contributed by atoms with Crippen LogP contribution in [0.2, 0.25) is 0 Å². The number of methoxy groups -OCH3 is 3. The Kier molecular flexibility index (Phi) is 9.94. The normalized spacial score (nSPS) is 13.2. The third-order valence-corrected chi connectivity index (χ3v) is 10.1. The molecule has 1 unspecified atom stereocenters. The van der Waals surface area contributed by atoms with Gasteiger partial charge in [0, 0.05) is 29.1 Å². The summed E-state index contributed by atoms with van der Waals surface area (Å²) < 4.78 is 16.7. The lowest BCUT2D eigenvalue weighted by Gasteiger charge is -2.21. The number of hydrogen-bond donors (Lipinski definition) is 1. The Morgan fingerprint density at radius 1 is 1.04 bits per heavy atom. The van der Waals surface area contributed by atoms with Gasteiger partial charge in [0.15, 0.2) is 11.5 Å². The molecule has 11 heteroatoms. The van der Waals surface area contributed by atoms with Gasteiger partial charge in [0.05, 0.1) is 43.4 Å². The fraction of sp³-hybridized carbons (Fsp3) is 0.294. The molecular weight excluding hydrogens is 607 g/mol. The summed E-state index contributed by atoms with van der Waals surface area (Å²) in [5, 5.41) is 23.9. The van der Waals surface area contributed by atoms with Gasteiger partial charge < -0.3 is 24.4 Å². The van der Waals surface area contributed by atoms with Gasteiger partial charge in [-0.1, -0.05) is 49.0 Å². The highest BCUT2D eigenvalue weighted by molar-refractivity contribution is 8.00. The number of thiophene rings is 1. The number of thioether (sulfide) groups is 1. The van der Waals surface area contributed by atoms with E-state index in [9.17, 15) is 15.3 Å². The second kappa shape index (κ2) is 14.0. The summed E-state index contributed by atoms with van der Waals surface area (Å²) in [7, 11) is 6.67. The van der Waals surface area contributed by atoms with E-state index < -0.39 is 5.25 Å². The Balaban J connectivity index is 1.57. The number of nitrogens with zero attached hydrogens (tertiary/aromatic N) is 4. The van der Waals surface area contributed by atoms with E-state index in [2.05, 4.69) is 22.4 Å². The van der Waals surface area contributed by atoms with Crippen molar-refractivity contribution in [2.45, 2.75) is 36.6 Å². The average molecular weight is 640 g/mol. The van der Waals surface area contributed by atoms with Crippen molar-refractivity contribution in [1.82, 2.24) is 9.88 Å². The Morgan fingerprint density at radius 2 is 1.73 bits per heavy atom. The molecule has 0 saturated heterocycles. The van der Waals surface area contributed by atoms with Crippen LogP contribution in [-0.2, 0) is 17.8 Å². The number of benzene rings is 2. The van der Waals surface area contributed by atoms with Crippen LogP contribution in [0.15, 0.2) is 53.6 Å². The van der Waals surface area contributed by atoms with Gasteiger partial charge in [-0.3, -0.25) is 4.79 Å². The summed E-state index contributed by atoms with van der Waals surface area (Å²) in [6, 6.07) is 19.8. The highest BCUT2D eigenvalue weighted by Crippen LogP contribution is 2.44. The fourth-order valence-electron chi connectivity index (χ4n) is 5.32. The van der Waals surface area contributed by atoms with Crippen molar-refractivity contribution in [1.29, 1.82) is 10.5 Å². The van der Waals surface area contributed by atoms with Gasteiger partial charge in [-0.15, -0.1) is 11.3 Å². The number of nitriles is 2. The number of rotatable bonds is 10. The van der Waals surface area contributed by atoms with Gasteiger partial charge in [-0.25, -0.2) is 4.98 Å². The van der Waals surface area contributed by atoms with Crippen LogP contribution in [-0.4, -0.2) is 56.0 Å². The van der Waals surface area contributed by atoms with Crippen LogP contribution in [0, 0.1) is 22.7 Å². The lowest BCUT2D eigenvalue weighted by Crippen LogP contribution is -2.25. The molecule has 0 bridgehead atoms. The predicted molar refractivity (Wildman–Crippen MR) is 177 cm³/mol. The summed E-state index contributed by atoms with van der Waals surface area (Å²) in [6.07, 6.45) is 1.26. The predicted octanol–water partition coefficient (Wildman–Crippen LogP) is 6.74. The minimum Gasteiger partial charge on any atom is -0.493 e. The van der Waals surface area contributed by atoms with Gasteiger partial charge in [-0.2, -0.15) is 10.5 Å². The molecule has 5 rings (SSSR count). The van der Waals surface area contributed by atoms with Crippen LogP contribution in [0.1, 0.15) is 34.9 Å². The van der Waals surface area contributed by atoms with E-state index in [0.29, 0.717) is 61.6 Å². The van der Waals surface area contributed by atoms with Crippen molar-refractivity contribution in [2.24, 2.45) is 0 Å². The van der Waals surface area contributed by atoms with Crippen LogP contribution >= 0.6 is 23.1 Å². The largest absolute Gasteiger partial charge is 0.493 e. The maximum Gasteiger partial charge on any atom is 0.238 e. The van der Waals surface area contributed by atoms with E-state index in [0.717, 1.165) is 35.5 Å². The molecule has 1 aliphatic rings. The molecule has 0 fully saturated rings. The van der Waals surface area contributed by atoms with E-state index in [4.69, 9.17) is 19.2 Å². The molecule has 1 amide bonds. The van der Waals surface area contributed by atoms with Gasteiger partial charge >= 0.3 is 0 Å². The number of pyridine rings is 1. The number of nitrogens with one attached hydrogen (secondary N) is 1. The standard InChI is InChI=1S/C34H33N5O4S2/c1-6-29(32(40)38-34-24(17-35)22-12-13-39(2)19-30(22)45-34)44-33-25(18-36)23(16-26(37-33)20-10-8-7-9-11-20)21-14-27(41-3)31(43-5)28(15-21)42-4/h7-11,14-16,29H,6,12-13,19H2,1-5H3,(H,38,40). The average Bonchev–Trinajstić information content (AvgIpc) is 3.41. The Bertz CT molecular complexity index is 1780. The number of ether oxygens (including phenoxy) is 3. The summed E-state index contributed by atoms with van der Waals surface area (Å²) in [6.45, 7) is 3.54. The highest BCUT2D eigenvalue weighted by atomic mass is 32.2. The van der Waals surface area contributed by atoms with Crippen LogP contribution < -0.4 is 19.5 Å². The topological polar surface area (TPSA) is 120 Å². The zero-order chi connectivity index (χ0) is 32.1. The number of carbonyl (C=O) groups is 1. The summed E-state index contributed by atoms with van der Waals surface area (Å²) in [4.78, 5) is 22.0. The number of amides is 1. The van der Waals surface area contributed by atoms with Gasteiger partial charge in [-0.05, 0) is 49.2 Å². The van der Waals surface area contributed by atoms with E-state index in [1.807, 2.05) is 50.4 Å². The van der Waals surface area contributed by atoms with Crippen molar-refractivity contribution in [3.05, 3.63) is 70.1 Å². The van der Waals surface area contributed by atoms with Gasteiger partial charge in [0.25, 0.3) is 0 Å². The molecule has 0 saturated carbocycles. The van der Waals surface area contributed by atoms with Crippen LogP contribution in [0.5, 0.6) is 17.2 Å². The molecule has 0 spiro atoms. The van der Waals surface area contributed by atoms with E-state index >= 15 is 0 Å². The third kappa shape index (κ3) is 6.47. The van der Waals surface area contributed by atoms with Crippen molar-refractivity contribution >= 4 is 34.0 Å². The first kappa shape index (κ1) is 31.9. The maximum absolute atomic E-state index is 13.7. The molecule has 0 aliphatic carbocycles. The van der Waals surface area contributed by atoms with Crippen molar-refractivity contribution in [2.75, 3.05) is 40.2 Å². The SMILES string of the molecule is CCC(Sc1nc(-c2ccccc2)cc(-c2cc(OC)c(OC)c(OC)c2)c1C#N)C(=O)Nc1sc2c(c1C#N)CCN(C)C2. The van der Waals surface area contributed by atoms with E-state index in [1.165, 1.54) is 30.2 Å². The molecule has 9 nitrogen and oxygen atoms in total. The molecule has 2 aromatic heterocycles. The fourth-order valence-corrected chi connectivity index (χ4v) is 7.63. The lowest BCUT2D eigenvalue weighted by molar-refractivity contribution is -0.115. The number of anilines is 1. The first-order valence-corrected chi connectivity index (χ1v) is 16.1. The van der Waals surface area contributed by atoms with Crippen LogP contribution in [0.4, 0.5) is 5.00 Å². The van der Waals surface area contributed by atoms with E-state index in [-0.39, 0.29) is 5.91 Å². The van der Waals surface area contributed by atoms with E-state index in [1.54, 1.807) is 26.4 Å². The smallest absolute Gasteiger partial charge is 0.238 e. The summed E-state index contributed by atoms with van der Waals surface area (Å²) >= 11 is 2.70. The van der Waals surface area contributed by atoms with Crippen LogP contribution in [0.3, 0.4) is 0 Å². The van der Waals surface area contributed by atoms with Gasteiger partial charge in [0.1, 0.15) is 22.2 Å². The highest BCUT2D eigenvalue weighted by Gasteiger charge is 2.28. The zero-order valence-corrected chi connectivity index (χ0v) is 27.4. The van der Waals surface area contributed by atoms with Crippen molar-refractivity contribution in [3.8, 4) is 51.8 Å². The minimum atomic E-state index is -0.572. The lowest BCUT2D eigenvalue weighted by atomic mass is 9.98. The molecule has 230 valence electrons. The molecule has 4 aromatic rings. The monoisotopic (exact) mass is 639 g/mol. The number of carbonyl (C=O) groups excluding carboxylic acids is 1. The molecule has 1 N–H and O–H groups in total. The zero-order valence-electron chi connectivity index (χ0n) is 25.8. The van der Waals surface area contributed by atoms with Gasteiger partial charge in [0.2, 0.25) is 11.7 Å². The first-order valence-electron chi connectivity index (χ1n) is 14.4. The minimum absolute atomic E-state index is 0.240. The molecule has 0 radical (unpaired) electrons. The molecule has 1 aliphatic heterocycles. The summed E-state index contributed by atoms with van der Waals surface area (Å²) in [5.41, 5.74) is 4.70. The molecule has 45 heavy (non-hydrogen) atoms. The summed E-state index contributed by atoms with van der Waals surface area (Å²) in [5.74, 6) is 1.10. The third-order valence-electron chi connectivity index (χ3n) is 7.66. The number of fused-ring (bicyclic) bond motifs is 1. The second-order valence-electron chi connectivity index (χ2n) is 10.4. The molecule has 2 aromatic carbocycles. The first-order chi connectivity index (χ1) is 21.8. The van der Waals surface area contributed by atoms with Crippen LogP contribution in [0.25, 0.3) is 22.4 Å². The molecular formula is C34H33N5O4S2. The second-order valence-corrected chi connectivity index (χ2v) is 12.7. The van der Waals surface area contributed by atoms with Crippen molar-refractivity contribution in [3.63, 3.8) is 0 Å². The Hall–Kier alpha value is -4.55. The Morgan fingerprint density at radius 3 is 2.33 bits per heavy atom. The Labute approximate surface area is 271 Å². The molecule has 3 heterocycles. The van der Waals surface area contributed by atoms with Crippen molar-refractivity contribution < 1.29 is 19.0 Å². The quantitative estimate of drug-likeness (QED) is 0.188. The molecule has 1 atom stereocenters. The number of aromatic nitrogens is 1.